The number of amides is 1. The molecule has 0 unspecified atom stereocenters. The minimum atomic E-state index is -0.484. The van der Waals surface area contributed by atoms with Gasteiger partial charge in [0.05, 0.1) is 29.5 Å². The maximum absolute atomic E-state index is 14.0. The lowest BCUT2D eigenvalue weighted by Crippen LogP contribution is -2.36. The van der Waals surface area contributed by atoms with E-state index in [0.29, 0.717) is 23.8 Å². The Morgan fingerprint density at radius 2 is 1.91 bits per heavy atom. The first-order chi connectivity index (χ1) is 11.1. The predicted molar refractivity (Wildman–Crippen MR) is 88.8 cm³/mol. The van der Waals surface area contributed by atoms with E-state index in [1.54, 1.807) is 36.4 Å². The third-order valence-corrected chi connectivity index (χ3v) is 4.02. The van der Waals surface area contributed by atoms with Crippen LogP contribution in [-0.2, 0) is 4.74 Å². The van der Waals surface area contributed by atoms with E-state index >= 15 is 0 Å². The molecule has 1 aliphatic heterocycles. The van der Waals surface area contributed by atoms with E-state index in [2.05, 4.69) is 10.2 Å². The molecule has 23 heavy (non-hydrogen) atoms. The van der Waals surface area contributed by atoms with Crippen molar-refractivity contribution in [1.82, 2.24) is 0 Å². The quantitative estimate of drug-likeness (QED) is 0.933. The molecule has 1 N–H and O–H groups in total. The lowest BCUT2D eigenvalue weighted by molar-refractivity contribution is 0.102. The Bertz CT molecular complexity index is 717. The van der Waals surface area contributed by atoms with Crippen LogP contribution in [0.1, 0.15) is 10.4 Å². The Morgan fingerprint density at radius 3 is 2.65 bits per heavy atom. The Hall–Kier alpha value is -2.11. The molecule has 0 spiro atoms. The van der Waals surface area contributed by atoms with Crippen LogP contribution in [0, 0.1) is 5.82 Å². The van der Waals surface area contributed by atoms with Crippen LogP contribution in [0.5, 0.6) is 0 Å². The monoisotopic (exact) mass is 334 g/mol. The third kappa shape index (κ3) is 3.63. The van der Waals surface area contributed by atoms with Gasteiger partial charge in [0.15, 0.2) is 0 Å². The zero-order valence-electron chi connectivity index (χ0n) is 12.4. The van der Waals surface area contributed by atoms with E-state index < -0.39 is 11.7 Å². The van der Waals surface area contributed by atoms with E-state index in [4.69, 9.17) is 16.3 Å². The van der Waals surface area contributed by atoms with Gasteiger partial charge in [-0.1, -0.05) is 23.7 Å². The van der Waals surface area contributed by atoms with Gasteiger partial charge < -0.3 is 15.0 Å². The van der Waals surface area contributed by atoms with Gasteiger partial charge in [-0.2, -0.15) is 0 Å². The first-order valence-electron chi connectivity index (χ1n) is 7.33. The summed E-state index contributed by atoms with van der Waals surface area (Å²) < 4.78 is 19.3. The summed E-state index contributed by atoms with van der Waals surface area (Å²) in [6, 6.07) is 11.4. The summed E-state index contributed by atoms with van der Waals surface area (Å²) >= 11 is 6.00. The Kier molecular flexibility index (Phi) is 4.79. The fourth-order valence-corrected chi connectivity index (χ4v) is 2.68. The summed E-state index contributed by atoms with van der Waals surface area (Å²) in [5.41, 5.74) is 1.30. The number of benzene rings is 2. The van der Waals surface area contributed by atoms with Crippen molar-refractivity contribution in [3.05, 3.63) is 58.9 Å². The van der Waals surface area contributed by atoms with Crippen LogP contribution in [0.25, 0.3) is 0 Å². The third-order valence-electron chi connectivity index (χ3n) is 3.69. The second kappa shape index (κ2) is 6.98. The van der Waals surface area contributed by atoms with Gasteiger partial charge in [-0.25, -0.2) is 4.39 Å². The lowest BCUT2D eigenvalue weighted by atomic mass is 10.2. The number of nitrogens with zero attached hydrogens (tertiary/aromatic N) is 1. The largest absolute Gasteiger partial charge is 0.378 e. The van der Waals surface area contributed by atoms with Gasteiger partial charge in [-0.3, -0.25) is 4.79 Å². The van der Waals surface area contributed by atoms with Crippen molar-refractivity contribution in [2.75, 3.05) is 36.5 Å². The average Bonchev–Trinajstić information content (AvgIpc) is 2.58. The summed E-state index contributed by atoms with van der Waals surface area (Å²) in [5, 5.41) is 2.92. The molecule has 3 rings (SSSR count). The minimum Gasteiger partial charge on any atom is -0.378 e. The lowest BCUT2D eigenvalue weighted by Gasteiger charge is -2.29. The molecule has 0 bridgehead atoms. The van der Waals surface area contributed by atoms with Gasteiger partial charge in [0.1, 0.15) is 5.82 Å². The molecule has 0 radical (unpaired) electrons. The van der Waals surface area contributed by atoms with E-state index in [1.807, 2.05) is 0 Å². The highest BCUT2D eigenvalue weighted by Crippen LogP contribution is 2.25. The number of ether oxygens (including phenoxy) is 1. The first kappa shape index (κ1) is 15.8. The van der Waals surface area contributed by atoms with Crippen molar-refractivity contribution in [1.29, 1.82) is 0 Å². The van der Waals surface area contributed by atoms with E-state index in [1.165, 1.54) is 6.07 Å². The summed E-state index contributed by atoms with van der Waals surface area (Å²) in [7, 11) is 0. The number of hydrogen-bond acceptors (Lipinski definition) is 3. The zero-order valence-corrected chi connectivity index (χ0v) is 13.1. The number of rotatable bonds is 3. The van der Waals surface area contributed by atoms with Crippen LogP contribution in [0.2, 0.25) is 5.02 Å². The predicted octanol–water partition coefficient (Wildman–Crippen LogP) is 3.57. The summed E-state index contributed by atoms with van der Waals surface area (Å²) in [6.45, 7) is 2.75. The van der Waals surface area contributed by atoms with E-state index in [0.717, 1.165) is 18.8 Å². The average molecular weight is 335 g/mol. The molecule has 4 nitrogen and oxygen atoms in total. The first-order valence-corrected chi connectivity index (χ1v) is 7.71. The second-order valence-corrected chi connectivity index (χ2v) is 5.60. The van der Waals surface area contributed by atoms with Crippen LogP contribution in [0.4, 0.5) is 15.8 Å². The SMILES string of the molecule is O=C(Nc1cc(N2CCOCC2)ccc1F)c1ccccc1Cl. The molecule has 0 atom stereocenters. The maximum atomic E-state index is 14.0. The van der Waals surface area contributed by atoms with Gasteiger partial charge in [-0.05, 0) is 30.3 Å². The standard InChI is InChI=1S/C17H16ClFN2O2/c18-14-4-2-1-3-13(14)17(22)20-16-11-12(5-6-15(16)19)21-7-9-23-10-8-21/h1-6,11H,7-10H2,(H,20,22). The van der Waals surface area contributed by atoms with Gasteiger partial charge in [0, 0.05) is 18.8 Å². The Labute approximate surface area is 138 Å². The topological polar surface area (TPSA) is 41.6 Å². The van der Waals surface area contributed by atoms with E-state index in [-0.39, 0.29) is 5.69 Å². The second-order valence-electron chi connectivity index (χ2n) is 5.20. The molecule has 1 saturated heterocycles. The molecule has 0 aliphatic carbocycles. The number of morpholine rings is 1. The summed E-state index contributed by atoms with van der Waals surface area (Å²) in [6.07, 6.45) is 0. The Morgan fingerprint density at radius 1 is 1.17 bits per heavy atom. The molecule has 1 fully saturated rings. The molecule has 1 heterocycles. The number of nitrogens with one attached hydrogen (secondary N) is 1. The molecule has 1 amide bonds. The van der Waals surface area contributed by atoms with Crippen LogP contribution in [0.3, 0.4) is 0 Å². The molecule has 120 valence electrons. The van der Waals surface area contributed by atoms with Gasteiger partial charge >= 0.3 is 0 Å². The van der Waals surface area contributed by atoms with Crippen LogP contribution < -0.4 is 10.2 Å². The molecule has 1 aliphatic rings. The van der Waals surface area contributed by atoms with Gasteiger partial charge in [0.2, 0.25) is 0 Å². The van der Waals surface area contributed by atoms with Crippen molar-refractivity contribution < 1.29 is 13.9 Å². The minimum absolute atomic E-state index is 0.138. The number of carbonyl (C=O) groups excluding carboxylic acids is 1. The number of halogens is 2. The molecule has 2 aromatic rings. The molecule has 6 heteroatoms. The Balaban J connectivity index is 1.82. The van der Waals surface area contributed by atoms with Crippen molar-refractivity contribution >= 4 is 28.9 Å². The van der Waals surface area contributed by atoms with Crippen LogP contribution in [0.15, 0.2) is 42.5 Å². The molecule has 0 aromatic heterocycles. The van der Waals surface area contributed by atoms with Crippen LogP contribution >= 0.6 is 11.6 Å². The highest BCUT2D eigenvalue weighted by atomic mass is 35.5. The van der Waals surface area contributed by atoms with Gasteiger partial charge in [0.25, 0.3) is 5.91 Å². The summed E-state index contributed by atoms with van der Waals surface area (Å²) in [5.74, 6) is -0.920. The van der Waals surface area contributed by atoms with Crippen molar-refractivity contribution in [2.24, 2.45) is 0 Å². The number of hydrogen-bond donors (Lipinski definition) is 1. The number of carbonyl (C=O) groups is 1. The highest BCUT2D eigenvalue weighted by molar-refractivity contribution is 6.34. The molecule has 2 aromatic carbocycles. The fourth-order valence-electron chi connectivity index (χ4n) is 2.46. The smallest absolute Gasteiger partial charge is 0.257 e. The van der Waals surface area contributed by atoms with Crippen molar-refractivity contribution in [3.63, 3.8) is 0 Å². The fraction of sp³-hybridized carbons (Fsp3) is 0.235. The normalized spacial score (nSPS) is 14.6. The van der Waals surface area contributed by atoms with Crippen LogP contribution in [-0.4, -0.2) is 32.2 Å². The highest BCUT2D eigenvalue weighted by Gasteiger charge is 2.16. The molecular weight excluding hydrogens is 319 g/mol. The number of anilines is 2. The van der Waals surface area contributed by atoms with E-state index in [9.17, 15) is 9.18 Å². The molecule has 0 saturated carbocycles. The van der Waals surface area contributed by atoms with Crippen molar-refractivity contribution in [2.45, 2.75) is 0 Å². The zero-order chi connectivity index (χ0) is 16.2. The summed E-state index contributed by atoms with van der Waals surface area (Å²) in [4.78, 5) is 14.4. The van der Waals surface area contributed by atoms with Gasteiger partial charge in [-0.15, -0.1) is 0 Å². The van der Waals surface area contributed by atoms with Crippen molar-refractivity contribution in [3.8, 4) is 0 Å². The maximum Gasteiger partial charge on any atom is 0.257 e. The molecular formula is C17H16ClFN2O2.